The van der Waals surface area contributed by atoms with Gasteiger partial charge in [-0.3, -0.25) is 14.5 Å². The van der Waals surface area contributed by atoms with Gasteiger partial charge in [-0.2, -0.15) is 0 Å². The van der Waals surface area contributed by atoms with E-state index in [9.17, 15) is 22.8 Å². The maximum absolute atomic E-state index is 12.5. The third-order valence-electron chi connectivity index (χ3n) is 7.17. The van der Waals surface area contributed by atoms with E-state index >= 15 is 0 Å². The van der Waals surface area contributed by atoms with Gasteiger partial charge < -0.3 is 9.64 Å². The molecule has 2 aromatic carbocycles. The highest BCUT2D eigenvalue weighted by molar-refractivity contribution is 6.33. The molecular formula is C31H40ClF3N2O3. The van der Waals surface area contributed by atoms with Crippen molar-refractivity contribution in [2.24, 2.45) is 11.3 Å². The van der Waals surface area contributed by atoms with Crippen molar-refractivity contribution in [1.29, 1.82) is 0 Å². The highest BCUT2D eigenvalue weighted by Crippen LogP contribution is 2.28. The number of piperidine rings is 1. The molecule has 1 fully saturated rings. The Hall–Kier alpha value is -2.58. The number of carbonyl (C=O) groups is 2. The average molecular weight is 581 g/mol. The molecule has 2 aromatic rings. The van der Waals surface area contributed by atoms with E-state index in [-0.39, 0.29) is 17.1 Å². The van der Waals surface area contributed by atoms with Gasteiger partial charge in [0.1, 0.15) is 5.75 Å². The molecule has 0 unspecified atom stereocenters. The summed E-state index contributed by atoms with van der Waals surface area (Å²) < 4.78 is 41.1. The van der Waals surface area contributed by atoms with Crippen molar-refractivity contribution in [2.45, 2.75) is 78.7 Å². The first-order chi connectivity index (χ1) is 18.7. The van der Waals surface area contributed by atoms with Crippen molar-refractivity contribution in [1.82, 2.24) is 9.80 Å². The number of halogens is 4. The molecule has 0 aromatic heterocycles. The van der Waals surface area contributed by atoms with Crippen molar-refractivity contribution in [3.05, 3.63) is 63.7 Å². The number of aldehydes is 1. The fourth-order valence-electron chi connectivity index (χ4n) is 5.23. The van der Waals surface area contributed by atoms with Crippen LogP contribution in [0.2, 0.25) is 5.02 Å². The van der Waals surface area contributed by atoms with Gasteiger partial charge in [-0.05, 0) is 85.4 Å². The molecule has 0 atom stereocenters. The van der Waals surface area contributed by atoms with Crippen LogP contribution in [0, 0.1) is 11.3 Å². The molecule has 40 heavy (non-hydrogen) atoms. The van der Waals surface area contributed by atoms with Gasteiger partial charge in [0, 0.05) is 38.2 Å². The highest BCUT2D eigenvalue weighted by Gasteiger charge is 2.31. The van der Waals surface area contributed by atoms with Crippen LogP contribution in [-0.4, -0.2) is 48.5 Å². The van der Waals surface area contributed by atoms with Crippen LogP contribution in [0.4, 0.5) is 13.2 Å². The number of hydrogen-bond donors (Lipinski definition) is 0. The molecule has 0 spiro atoms. The van der Waals surface area contributed by atoms with E-state index in [1.165, 1.54) is 12.1 Å². The Morgan fingerprint density at radius 2 is 1.73 bits per heavy atom. The van der Waals surface area contributed by atoms with Crippen LogP contribution < -0.4 is 4.74 Å². The van der Waals surface area contributed by atoms with Gasteiger partial charge in [0.2, 0.25) is 5.91 Å². The largest absolute Gasteiger partial charge is 0.573 e. The number of benzene rings is 2. The number of carbonyl (C=O) groups excluding carboxylic acids is 2. The lowest BCUT2D eigenvalue weighted by molar-refractivity contribution is -0.274. The molecule has 3 rings (SSSR count). The second-order valence-corrected chi connectivity index (χ2v) is 12.5. The predicted molar refractivity (Wildman–Crippen MR) is 151 cm³/mol. The van der Waals surface area contributed by atoms with Crippen LogP contribution in [0.5, 0.6) is 5.75 Å². The molecule has 0 N–H and O–H groups in total. The summed E-state index contributed by atoms with van der Waals surface area (Å²) in [7, 11) is 1.88. The van der Waals surface area contributed by atoms with E-state index in [4.69, 9.17) is 11.6 Å². The molecule has 1 saturated heterocycles. The topological polar surface area (TPSA) is 49.9 Å². The van der Waals surface area contributed by atoms with Gasteiger partial charge >= 0.3 is 6.36 Å². The van der Waals surface area contributed by atoms with Crippen LogP contribution in [0.25, 0.3) is 0 Å². The first-order valence-corrected chi connectivity index (χ1v) is 14.2. The van der Waals surface area contributed by atoms with Gasteiger partial charge in [0.15, 0.2) is 6.29 Å². The van der Waals surface area contributed by atoms with E-state index in [0.717, 1.165) is 68.2 Å². The molecule has 1 aliphatic rings. The molecule has 0 radical (unpaired) electrons. The maximum atomic E-state index is 12.5. The van der Waals surface area contributed by atoms with E-state index in [1.807, 2.05) is 29.0 Å². The predicted octanol–water partition coefficient (Wildman–Crippen LogP) is 7.68. The first-order valence-electron chi connectivity index (χ1n) is 13.8. The second kappa shape index (κ2) is 13.9. The van der Waals surface area contributed by atoms with Crippen LogP contribution in [0.1, 0.15) is 79.9 Å². The number of alkyl halides is 3. The zero-order valence-electron chi connectivity index (χ0n) is 23.8. The molecule has 1 aliphatic heterocycles. The number of rotatable bonds is 11. The molecule has 0 bridgehead atoms. The van der Waals surface area contributed by atoms with Crippen LogP contribution in [0.15, 0.2) is 36.4 Å². The fourth-order valence-corrected chi connectivity index (χ4v) is 5.54. The Kier molecular flexibility index (Phi) is 11.1. The Morgan fingerprint density at radius 1 is 1.07 bits per heavy atom. The summed E-state index contributed by atoms with van der Waals surface area (Å²) in [5, 5.41) is 0.426. The number of aryl methyl sites for hydroxylation is 1. The summed E-state index contributed by atoms with van der Waals surface area (Å²) in [5.74, 6) is 0.587. The van der Waals surface area contributed by atoms with Gasteiger partial charge in [0.05, 0.1) is 5.02 Å². The number of hydrogen-bond acceptors (Lipinski definition) is 4. The van der Waals surface area contributed by atoms with Crippen molar-refractivity contribution in [2.75, 3.05) is 20.1 Å². The molecule has 1 heterocycles. The van der Waals surface area contributed by atoms with E-state index < -0.39 is 6.36 Å². The lowest BCUT2D eigenvalue weighted by atomic mass is 9.88. The summed E-state index contributed by atoms with van der Waals surface area (Å²) >= 11 is 6.47. The molecule has 5 nitrogen and oxygen atoms in total. The summed E-state index contributed by atoms with van der Waals surface area (Å²) in [6.45, 7) is 8.87. The summed E-state index contributed by atoms with van der Waals surface area (Å²) in [4.78, 5) is 28.3. The number of nitrogens with zero attached hydrogens (tertiary/aromatic N) is 2. The molecular weight excluding hydrogens is 541 g/mol. The Labute approximate surface area is 240 Å². The minimum Gasteiger partial charge on any atom is -0.406 e. The zero-order valence-corrected chi connectivity index (χ0v) is 24.6. The van der Waals surface area contributed by atoms with Gasteiger partial charge in [-0.25, -0.2) is 0 Å². The minimum atomic E-state index is -4.72. The average Bonchev–Trinajstić information content (AvgIpc) is 2.83. The van der Waals surface area contributed by atoms with E-state index in [0.29, 0.717) is 36.0 Å². The lowest BCUT2D eigenvalue weighted by Gasteiger charge is -2.33. The fraction of sp³-hybridized carbons (Fsp3) is 0.548. The van der Waals surface area contributed by atoms with Crippen LogP contribution in [-0.2, 0) is 24.3 Å². The third kappa shape index (κ3) is 10.4. The van der Waals surface area contributed by atoms with E-state index in [2.05, 4.69) is 25.5 Å². The zero-order chi connectivity index (χ0) is 29.5. The second-order valence-electron chi connectivity index (χ2n) is 12.1. The highest BCUT2D eigenvalue weighted by atomic mass is 35.5. The molecule has 220 valence electrons. The normalized spacial score (nSPS) is 15.0. The Morgan fingerprint density at radius 3 is 2.30 bits per heavy atom. The molecule has 1 amide bonds. The van der Waals surface area contributed by atoms with E-state index in [1.54, 1.807) is 12.1 Å². The summed E-state index contributed by atoms with van der Waals surface area (Å²) in [6.07, 6.45) is 1.61. The smallest absolute Gasteiger partial charge is 0.406 e. The molecule has 9 heteroatoms. The monoisotopic (exact) mass is 580 g/mol. The number of amides is 1. The van der Waals surface area contributed by atoms with Crippen LogP contribution in [0.3, 0.4) is 0 Å². The Bertz CT molecular complexity index is 1140. The molecule has 0 saturated carbocycles. The standard InChI is InChI=1S/C31H40ClF3N2O3/c1-30(2,3)18-29(39)37-14-12-22(13-15-37)6-5-7-24-16-25(27(21-38)28(32)17-24)20-36(4)19-23-8-10-26(11-9-23)40-31(33,34)35/h8-11,16-17,21-22H,5-7,12-15,18-20H2,1-4H3. The maximum Gasteiger partial charge on any atom is 0.573 e. The van der Waals surface area contributed by atoms with Crippen molar-refractivity contribution in [3.8, 4) is 5.75 Å². The van der Waals surface area contributed by atoms with Crippen molar-refractivity contribution >= 4 is 23.8 Å². The van der Waals surface area contributed by atoms with Gasteiger partial charge in [0.25, 0.3) is 0 Å². The number of ether oxygens (including phenoxy) is 1. The molecule has 0 aliphatic carbocycles. The van der Waals surface area contributed by atoms with Crippen LogP contribution >= 0.6 is 11.6 Å². The van der Waals surface area contributed by atoms with Gasteiger partial charge in [-0.1, -0.05) is 50.6 Å². The third-order valence-corrected chi connectivity index (χ3v) is 7.48. The van der Waals surface area contributed by atoms with Gasteiger partial charge in [-0.15, -0.1) is 13.2 Å². The van der Waals surface area contributed by atoms with Crippen molar-refractivity contribution < 1.29 is 27.5 Å². The quantitative estimate of drug-likeness (QED) is 0.256. The summed E-state index contributed by atoms with van der Waals surface area (Å²) in [5.41, 5.74) is 3.17. The number of likely N-dealkylation sites (tertiary alicyclic amines) is 1. The SMILES string of the molecule is CN(Cc1ccc(OC(F)(F)F)cc1)Cc1cc(CCCC2CCN(C(=O)CC(C)(C)C)CC2)cc(Cl)c1C=O. The minimum absolute atomic E-state index is 0.00290. The van der Waals surface area contributed by atoms with Crippen molar-refractivity contribution in [3.63, 3.8) is 0 Å². The lowest BCUT2D eigenvalue weighted by Crippen LogP contribution is -2.39. The summed E-state index contributed by atoms with van der Waals surface area (Å²) in [6, 6.07) is 9.65. The first kappa shape index (κ1) is 31.9. The Balaban J connectivity index is 1.52.